The SMILES string of the molecule is CC(=O)SCCCCC(=O)N1CCN(CC(=O)Nc2nc(C(C)(C)C)cs2)CC1. The molecule has 0 spiro atoms. The van der Waals surface area contributed by atoms with Gasteiger partial charge in [-0.25, -0.2) is 4.98 Å². The van der Waals surface area contributed by atoms with Gasteiger partial charge in [0.2, 0.25) is 11.8 Å². The molecule has 0 aromatic carbocycles. The molecule has 162 valence electrons. The first-order chi connectivity index (χ1) is 13.6. The van der Waals surface area contributed by atoms with Crippen LogP contribution in [0.15, 0.2) is 5.38 Å². The van der Waals surface area contributed by atoms with E-state index >= 15 is 0 Å². The van der Waals surface area contributed by atoms with Crippen LogP contribution >= 0.6 is 23.1 Å². The molecular formula is C20H32N4O3S2. The third kappa shape index (κ3) is 8.44. The number of nitrogens with one attached hydrogen (secondary N) is 1. The van der Waals surface area contributed by atoms with Crippen LogP contribution < -0.4 is 5.32 Å². The van der Waals surface area contributed by atoms with Gasteiger partial charge >= 0.3 is 0 Å². The smallest absolute Gasteiger partial charge is 0.240 e. The summed E-state index contributed by atoms with van der Waals surface area (Å²) in [5, 5.41) is 5.63. The van der Waals surface area contributed by atoms with Crippen molar-refractivity contribution < 1.29 is 14.4 Å². The average Bonchev–Trinajstić information content (AvgIpc) is 3.10. The van der Waals surface area contributed by atoms with E-state index in [1.165, 1.54) is 23.1 Å². The van der Waals surface area contributed by atoms with Crippen LogP contribution in [-0.4, -0.2) is 70.2 Å². The van der Waals surface area contributed by atoms with Gasteiger partial charge in [0.1, 0.15) is 0 Å². The summed E-state index contributed by atoms with van der Waals surface area (Å²) in [6.45, 7) is 10.9. The number of rotatable bonds is 8. The highest BCUT2D eigenvalue weighted by atomic mass is 32.2. The zero-order chi connectivity index (χ0) is 21.4. The summed E-state index contributed by atoms with van der Waals surface area (Å²) in [4.78, 5) is 43.9. The quantitative estimate of drug-likeness (QED) is 0.626. The summed E-state index contributed by atoms with van der Waals surface area (Å²) in [6.07, 6.45) is 2.22. The lowest BCUT2D eigenvalue weighted by Gasteiger charge is -2.34. The second-order valence-electron chi connectivity index (χ2n) is 8.29. The van der Waals surface area contributed by atoms with Gasteiger partial charge in [0.05, 0.1) is 12.2 Å². The number of anilines is 1. The molecule has 0 bridgehead atoms. The molecule has 1 saturated heterocycles. The van der Waals surface area contributed by atoms with E-state index < -0.39 is 0 Å². The van der Waals surface area contributed by atoms with E-state index in [1.807, 2.05) is 10.3 Å². The Hall–Kier alpha value is -1.45. The van der Waals surface area contributed by atoms with Crippen molar-refractivity contribution in [3.05, 3.63) is 11.1 Å². The van der Waals surface area contributed by atoms with Gasteiger partial charge in [-0.15, -0.1) is 11.3 Å². The lowest BCUT2D eigenvalue weighted by Crippen LogP contribution is -2.50. The first-order valence-corrected chi connectivity index (χ1v) is 11.9. The predicted molar refractivity (Wildman–Crippen MR) is 119 cm³/mol. The number of unbranched alkanes of at least 4 members (excludes halogenated alkanes) is 1. The molecule has 1 aliphatic heterocycles. The molecule has 2 heterocycles. The zero-order valence-corrected chi connectivity index (χ0v) is 19.5. The van der Waals surface area contributed by atoms with Crippen molar-refractivity contribution >= 4 is 45.2 Å². The summed E-state index contributed by atoms with van der Waals surface area (Å²) in [5.74, 6) is 0.879. The Labute approximate surface area is 181 Å². The van der Waals surface area contributed by atoms with Crippen LogP contribution in [0.3, 0.4) is 0 Å². The van der Waals surface area contributed by atoms with Gasteiger partial charge in [0.25, 0.3) is 0 Å². The van der Waals surface area contributed by atoms with Gasteiger partial charge in [-0.3, -0.25) is 19.3 Å². The second-order valence-corrected chi connectivity index (χ2v) is 10.4. The highest BCUT2D eigenvalue weighted by molar-refractivity contribution is 8.13. The summed E-state index contributed by atoms with van der Waals surface area (Å²) in [7, 11) is 0. The maximum atomic E-state index is 12.3. The number of amides is 2. The summed E-state index contributed by atoms with van der Waals surface area (Å²) < 4.78 is 0. The molecule has 2 rings (SSSR count). The molecule has 2 amide bonds. The molecule has 1 N–H and O–H groups in total. The molecule has 1 aromatic rings. The third-order valence-corrected chi connectivity index (χ3v) is 6.36. The molecule has 0 unspecified atom stereocenters. The van der Waals surface area contributed by atoms with Crippen molar-refractivity contribution in [2.75, 3.05) is 43.8 Å². The number of carbonyl (C=O) groups is 3. The summed E-state index contributed by atoms with van der Waals surface area (Å²) >= 11 is 2.76. The van der Waals surface area contributed by atoms with Crippen LogP contribution in [0.5, 0.6) is 0 Å². The van der Waals surface area contributed by atoms with Gasteiger partial charge in [0, 0.05) is 56.1 Å². The standard InChI is InChI=1S/C20H32N4O3S2/c1-15(25)28-12-6-5-7-18(27)24-10-8-23(9-11-24)13-17(26)22-19-21-16(14-29-19)20(2,3)4/h14H,5-13H2,1-4H3,(H,21,22,26). The molecule has 1 aliphatic rings. The average molecular weight is 441 g/mol. The minimum atomic E-state index is -0.0671. The first kappa shape index (κ1) is 23.8. The Kier molecular flexibility index (Phi) is 9.10. The van der Waals surface area contributed by atoms with Crippen molar-refractivity contribution in [2.24, 2.45) is 0 Å². The number of carbonyl (C=O) groups excluding carboxylic acids is 3. The van der Waals surface area contributed by atoms with E-state index in [-0.39, 0.29) is 22.3 Å². The number of piperazine rings is 1. The number of nitrogens with zero attached hydrogens (tertiary/aromatic N) is 3. The van der Waals surface area contributed by atoms with Crippen LogP contribution in [0, 0.1) is 0 Å². The highest BCUT2D eigenvalue weighted by Crippen LogP contribution is 2.26. The van der Waals surface area contributed by atoms with E-state index in [1.54, 1.807) is 6.92 Å². The summed E-state index contributed by atoms with van der Waals surface area (Å²) in [6, 6.07) is 0. The highest BCUT2D eigenvalue weighted by Gasteiger charge is 2.23. The van der Waals surface area contributed by atoms with Gasteiger partial charge in [-0.1, -0.05) is 32.5 Å². The number of hydrogen-bond acceptors (Lipinski definition) is 7. The van der Waals surface area contributed by atoms with Crippen molar-refractivity contribution in [3.8, 4) is 0 Å². The normalized spacial score (nSPS) is 15.4. The number of hydrogen-bond donors (Lipinski definition) is 1. The van der Waals surface area contributed by atoms with Gasteiger partial charge < -0.3 is 10.2 Å². The van der Waals surface area contributed by atoms with Crippen LogP contribution in [0.2, 0.25) is 0 Å². The molecule has 0 saturated carbocycles. The number of aromatic nitrogens is 1. The van der Waals surface area contributed by atoms with E-state index in [0.29, 0.717) is 44.3 Å². The second kappa shape index (κ2) is 11.1. The first-order valence-electron chi connectivity index (χ1n) is 10.0. The van der Waals surface area contributed by atoms with Crippen LogP contribution in [0.1, 0.15) is 52.7 Å². The van der Waals surface area contributed by atoms with Crippen molar-refractivity contribution in [1.29, 1.82) is 0 Å². The Balaban J connectivity index is 1.66. The predicted octanol–water partition coefficient (Wildman–Crippen LogP) is 2.97. The van der Waals surface area contributed by atoms with Crippen molar-refractivity contribution in [3.63, 3.8) is 0 Å². The van der Waals surface area contributed by atoms with Gasteiger partial charge in [-0.2, -0.15) is 0 Å². The fraction of sp³-hybridized carbons (Fsp3) is 0.700. The number of thioether (sulfide) groups is 1. The third-order valence-electron chi connectivity index (χ3n) is 4.70. The fourth-order valence-corrected chi connectivity index (χ4v) is 4.53. The molecule has 1 aromatic heterocycles. The monoisotopic (exact) mass is 440 g/mol. The molecule has 0 aliphatic carbocycles. The molecule has 0 radical (unpaired) electrons. The Morgan fingerprint density at radius 3 is 2.45 bits per heavy atom. The van der Waals surface area contributed by atoms with Gasteiger partial charge in [-0.05, 0) is 12.8 Å². The topological polar surface area (TPSA) is 82.6 Å². The summed E-state index contributed by atoms with van der Waals surface area (Å²) in [5.41, 5.74) is 0.944. The van der Waals surface area contributed by atoms with Crippen LogP contribution in [0.4, 0.5) is 5.13 Å². The maximum Gasteiger partial charge on any atom is 0.240 e. The van der Waals surface area contributed by atoms with Crippen molar-refractivity contribution in [2.45, 2.75) is 52.4 Å². The van der Waals surface area contributed by atoms with Crippen LogP contribution in [-0.2, 0) is 19.8 Å². The van der Waals surface area contributed by atoms with E-state index in [0.717, 1.165) is 24.3 Å². The zero-order valence-electron chi connectivity index (χ0n) is 17.8. The number of thiazole rings is 1. The minimum absolute atomic E-state index is 0.0331. The minimum Gasteiger partial charge on any atom is -0.340 e. The molecule has 0 atom stereocenters. The lowest BCUT2D eigenvalue weighted by molar-refractivity contribution is -0.133. The van der Waals surface area contributed by atoms with E-state index in [2.05, 4.69) is 36.0 Å². The van der Waals surface area contributed by atoms with Crippen LogP contribution in [0.25, 0.3) is 0 Å². The fourth-order valence-electron chi connectivity index (χ4n) is 2.95. The van der Waals surface area contributed by atoms with Gasteiger partial charge in [0.15, 0.2) is 10.2 Å². The Morgan fingerprint density at radius 2 is 1.86 bits per heavy atom. The molecule has 1 fully saturated rings. The van der Waals surface area contributed by atoms with Crippen molar-refractivity contribution in [1.82, 2.24) is 14.8 Å². The Morgan fingerprint density at radius 1 is 1.17 bits per heavy atom. The largest absolute Gasteiger partial charge is 0.340 e. The molecular weight excluding hydrogens is 408 g/mol. The molecule has 9 heteroatoms. The van der Waals surface area contributed by atoms with E-state index in [4.69, 9.17) is 0 Å². The Bertz CT molecular complexity index is 707. The maximum absolute atomic E-state index is 12.3. The molecule has 7 nitrogen and oxygen atoms in total. The lowest BCUT2D eigenvalue weighted by atomic mass is 9.93. The molecule has 29 heavy (non-hydrogen) atoms. The van der Waals surface area contributed by atoms with E-state index in [9.17, 15) is 14.4 Å².